The van der Waals surface area contributed by atoms with Crippen LogP contribution in [0, 0.1) is 0 Å². The lowest BCUT2D eigenvalue weighted by atomic mass is 10.1. The molecule has 0 unspecified atom stereocenters. The first-order valence-electron chi connectivity index (χ1n) is 4.34. The van der Waals surface area contributed by atoms with Crippen LogP contribution in [0.15, 0.2) is 10.6 Å². The summed E-state index contributed by atoms with van der Waals surface area (Å²) in [5.74, 6) is 0.0622. The van der Waals surface area contributed by atoms with Gasteiger partial charge in [0.1, 0.15) is 18.1 Å². The Morgan fingerprint density at radius 1 is 1.71 bits per heavy atom. The number of rotatable bonds is 5. The summed E-state index contributed by atoms with van der Waals surface area (Å²) in [4.78, 5) is 10.1. The first-order chi connectivity index (χ1) is 6.59. The molecule has 1 N–H and O–H groups in total. The molecule has 1 heterocycles. The predicted octanol–water partition coefficient (Wildman–Crippen LogP) is 1.40. The fourth-order valence-corrected chi connectivity index (χ4v) is 0.911. The van der Waals surface area contributed by atoms with E-state index in [-0.39, 0.29) is 19.1 Å². The molecule has 0 spiro atoms. The zero-order valence-corrected chi connectivity index (χ0v) is 8.19. The average molecular weight is 199 g/mol. The second-order valence-electron chi connectivity index (χ2n) is 3.26. The molecule has 0 aromatic carbocycles. The van der Waals surface area contributed by atoms with Crippen molar-refractivity contribution >= 4 is 5.97 Å². The molecule has 0 amide bonds. The number of ether oxygens (including phenoxy) is 1. The van der Waals surface area contributed by atoms with Crippen molar-refractivity contribution in [3.8, 4) is 0 Å². The summed E-state index contributed by atoms with van der Waals surface area (Å²) in [5, 5.41) is 12.1. The Morgan fingerprint density at radius 2 is 2.43 bits per heavy atom. The maximum Gasteiger partial charge on any atom is 0.329 e. The molecule has 14 heavy (non-hydrogen) atoms. The Balaban J connectivity index is 2.40. The Morgan fingerprint density at radius 3 is 2.93 bits per heavy atom. The van der Waals surface area contributed by atoms with Crippen LogP contribution in [0.5, 0.6) is 0 Å². The fourth-order valence-electron chi connectivity index (χ4n) is 0.911. The third-order valence-corrected chi connectivity index (χ3v) is 1.62. The van der Waals surface area contributed by atoms with Crippen molar-refractivity contribution in [2.75, 3.05) is 6.61 Å². The highest BCUT2D eigenvalue weighted by molar-refractivity contribution is 5.67. The first-order valence-corrected chi connectivity index (χ1v) is 4.34. The van der Waals surface area contributed by atoms with Crippen molar-refractivity contribution in [3.63, 3.8) is 0 Å². The molecule has 1 rings (SSSR count). The van der Waals surface area contributed by atoms with Gasteiger partial charge < -0.3 is 14.4 Å². The van der Waals surface area contributed by atoms with Crippen LogP contribution < -0.4 is 0 Å². The van der Waals surface area contributed by atoms with Gasteiger partial charge in [0.2, 0.25) is 0 Å². The van der Waals surface area contributed by atoms with E-state index in [1.807, 2.05) is 13.8 Å². The third-order valence-electron chi connectivity index (χ3n) is 1.62. The third kappa shape index (κ3) is 3.18. The minimum Gasteiger partial charge on any atom is -0.480 e. The number of carbonyl (C=O) groups is 1. The van der Waals surface area contributed by atoms with E-state index < -0.39 is 5.97 Å². The molecular formula is C9H13NO4. The summed E-state index contributed by atoms with van der Waals surface area (Å²) in [6.45, 7) is 3.83. The van der Waals surface area contributed by atoms with E-state index in [4.69, 9.17) is 14.4 Å². The first kappa shape index (κ1) is 10.7. The molecule has 0 aliphatic heterocycles. The minimum absolute atomic E-state index is 0.169. The van der Waals surface area contributed by atoms with Gasteiger partial charge in [-0.05, 0) is 0 Å². The normalized spacial score (nSPS) is 10.8. The smallest absolute Gasteiger partial charge is 0.329 e. The molecule has 5 nitrogen and oxygen atoms in total. The predicted molar refractivity (Wildman–Crippen MR) is 47.9 cm³/mol. The standard InChI is InChI=1S/C9H13NO4/c1-6(2)8-3-7(10-14-8)4-13-5-9(11)12/h3,6H,4-5H2,1-2H3,(H,11,12). The lowest BCUT2D eigenvalue weighted by Crippen LogP contribution is -2.06. The van der Waals surface area contributed by atoms with Gasteiger partial charge in [-0.3, -0.25) is 0 Å². The van der Waals surface area contributed by atoms with Crippen molar-refractivity contribution in [2.24, 2.45) is 0 Å². The van der Waals surface area contributed by atoms with E-state index >= 15 is 0 Å². The summed E-state index contributed by atoms with van der Waals surface area (Å²) < 4.78 is 9.86. The van der Waals surface area contributed by atoms with Crippen LogP contribution in [0.4, 0.5) is 0 Å². The summed E-state index contributed by atoms with van der Waals surface area (Å²) in [6.07, 6.45) is 0. The van der Waals surface area contributed by atoms with Crippen LogP contribution in [0.25, 0.3) is 0 Å². The largest absolute Gasteiger partial charge is 0.480 e. The summed E-state index contributed by atoms with van der Waals surface area (Å²) in [7, 11) is 0. The number of hydrogen-bond acceptors (Lipinski definition) is 4. The van der Waals surface area contributed by atoms with Crippen molar-refractivity contribution in [2.45, 2.75) is 26.4 Å². The zero-order valence-electron chi connectivity index (χ0n) is 8.19. The second-order valence-corrected chi connectivity index (χ2v) is 3.26. The molecule has 0 radical (unpaired) electrons. The van der Waals surface area contributed by atoms with Gasteiger partial charge in [-0.15, -0.1) is 0 Å². The monoisotopic (exact) mass is 199 g/mol. The summed E-state index contributed by atoms with van der Waals surface area (Å²) in [5.41, 5.74) is 0.620. The van der Waals surface area contributed by atoms with Crippen molar-refractivity contribution in [3.05, 3.63) is 17.5 Å². The van der Waals surface area contributed by atoms with E-state index in [9.17, 15) is 4.79 Å². The molecule has 0 saturated heterocycles. The SMILES string of the molecule is CC(C)c1cc(COCC(=O)O)no1. The number of aromatic nitrogens is 1. The van der Waals surface area contributed by atoms with Crippen LogP contribution in [0.1, 0.15) is 31.2 Å². The molecule has 1 aromatic heterocycles. The zero-order chi connectivity index (χ0) is 10.6. The Hall–Kier alpha value is -1.36. The molecule has 0 aliphatic rings. The van der Waals surface area contributed by atoms with Gasteiger partial charge in [0.25, 0.3) is 0 Å². The maximum absolute atomic E-state index is 10.1. The van der Waals surface area contributed by atoms with Crippen LogP contribution >= 0.6 is 0 Å². The lowest BCUT2D eigenvalue weighted by molar-refractivity contribution is -0.142. The van der Waals surface area contributed by atoms with E-state index in [2.05, 4.69) is 5.16 Å². The minimum atomic E-state index is -0.988. The molecule has 0 fully saturated rings. The maximum atomic E-state index is 10.1. The molecule has 0 aliphatic carbocycles. The fraction of sp³-hybridized carbons (Fsp3) is 0.556. The van der Waals surface area contributed by atoms with Crippen LogP contribution in [0.3, 0.4) is 0 Å². The van der Waals surface area contributed by atoms with Crippen molar-refractivity contribution in [1.82, 2.24) is 5.16 Å². The molecule has 0 saturated carbocycles. The van der Waals surface area contributed by atoms with Gasteiger partial charge in [-0.25, -0.2) is 4.79 Å². The van der Waals surface area contributed by atoms with E-state index in [1.54, 1.807) is 6.07 Å². The number of aliphatic carboxylic acids is 1. The summed E-state index contributed by atoms with van der Waals surface area (Å²) >= 11 is 0. The molecule has 1 aromatic rings. The molecule has 5 heteroatoms. The van der Waals surface area contributed by atoms with Crippen LogP contribution in [0.2, 0.25) is 0 Å². The van der Waals surface area contributed by atoms with Gasteiger partial charge in [0.05, 0.1) is 6.61 Å². The van der Waals surface area contributed by atoms with Crippen molar-refractivity contribution in [1.29, 1.82) is 0 Å². The highest BCUT2D eigenvalue weighted by Crippen LogP contribution is 2.15. The van der Waals surface area contributed by atoms with Gasteiger partial charge in [0, 0.05) is 12.0 Å². The highest BCUT2D eigenvalue weighted by Gasteiger charge is 2.08. The number of hydrogen-bond donors (Lipinski definition) is 1. The molecule has 0 bridgehead atoms. The molecule has 78 valence electrons. The Labute approximate surface area is 81.7 Å². The molecule has 0 atom stereocenters. The van der Waals surface area contributed by atoms with Gasteiger partial charge in [-0.2, -0.15) is 0 Å². The van der Waals surface area contributed by atoms with Crippen LogP contribution in [-0.2, 0) is 16.1 Å². The van der Waals surface area contributed by atoms with Crippen LogP contribution in [-0.4, -0.2) is 22.8 Å². The van der Waals surface area contributed by atoms with Crippen molar-refractivity contribution < 1.29 is 19.2 Å². The van der Waals surface area contributed by atoms with E-state index in [0.29, 0.717) is 5.69 Å². The van der Waals surface area contributed by atoms with E-state index in [0.717, 1.165) is 5.76 Å². The molecular weight excluding hydrogens is 186 g/mol. The lowest BCUT2D eigenvalue weighted by Gasteiger charge is -1.95. The van der Waals surface area contributed by atoms with Gasteiger partial charge in [-0.1, -0.05) is 19.0 Å². The topological polar surface area (TPSA) is 72.6 Å². The quantitative estimate of drug-likeness (QED) is 0.775. The number of carboxylic acids is 1. The van der Waals surface area contributed by atoms with Gasteiger partial charge in [0.15, 0.2) is 0 Å². The summed E-state index contributed by atoms with van der Waals surface area (Å²) in [6, 6.07) is 1.77. The van der Waals surface area contributed by atoms with Gasteiger partial charge >= 0.3 is 5.97 Å². The Kier molecular flexibility index (Phi) is 3.64. The number of carboxylic acid groups (broad SMARTS) is 1. The number of nitrogens with zero attached hydrogens (tertiary/aromatic N) is 1. The average Bonchev–Trinajstić information content (AvgIpc) is 2.52. The van der Waals surface area contributed by atoms with E-state index in [1.165, 1.54) is 0 Å². The Bertz CT molecular complexity index is 306. The second kappa shape index (κ2) is 4.76. The highest BCUT2D eigenvalue weighted by atomic mass is 16.5.